The predicted octanol–water partition coefficient (Wildman–Crippen LogP) is 11.7. The number of nitrogens with zero attached hydrogens (tertiary/aromatic N) is 3. The first-order valence-corrected chi connectivity index (χ1v) is 18.3. The molecule has 0 spiro atoms. The molecule has 0 amide bonds. The average Bonchev–Trinajstić information content (AvgIpc) is 2.93. The predicted molar refractivity (Wildman–Crippen MR) is 219 cm³/mol. The molecular formula is C42H66B3N3. The molecule has 1 aromatic carbocycles. The first-order valence-electron chi connectivity index (χ1n) is 18.3. The zero-order chi connectivity index (χ0) is 36.4. The lowest BCUT2D eigenvalue weighted by Crippen LogP contribution is -2.41. The van der Waals surface area contributed by atoms with Crippen LogP contribution in [0.1, 0.15) is 141 Å². The van der Waals surface area contributed by atoms with Crippen molar-refractivity contribution in [3.63, 3.8) is 0 Å². The maximum atomic E-state index is 2.53. The van der Waals surface area contributed by atoms with Gasteiger partial charge in [0.25, 0.3) is 0 Å². The SMILES string of the molecule is CC(C)(C)B1C=CN(C(C)(C)C)C(c2cc(C3=CB(C(C)(C)C)C=CN3C(C)(C)C)cc(C3=CB(C(C)(C)C)C=CN3C(C)(C)C)c2)=C1. The molecule has 0 fully saturated rings. The molecule has 48 heavy (non-hydrogen) atoms. The summed E-state index contributed by atoms with van der Waals surface area (Å²) in [6, 6.07) is 7.41. The molecule has 3 aliphatic heterocycles. The van der Waals surface area contributed by atoms with E-state index in [0.717, 1.165) is 0 Å². The van der Waals surface area contributed by atoms with Gasteiger partial charge in [0, 0.05) is 33.7 Å². The third-order valence-corrected chi connectivity index (χ3v) is 10.1. The van der Waals surface area contributed by atoms with Gasteiger partial charge < -0.3 is 14.7 Å². The summed E-state index contributed by atoms with van der Waals surface area (Å²) in [4.78, 5) is 7.46. The Balaban J connectivity index is 2.10. The highest BCUT2D eigenvalue weighted by atomic mass is 15.2. The van der Waals surface area contributed by atoms with Gasteiger partial charge in [-0.3, -0.25) is 0 Å². The zero-order valence-electron chi connectivity index (χ0n) is 34.0. The van der Waals surface area contributed by atoms with E-state index in [1.165, 1.54) is 33.8 Å². The lowest BCUT2D eigenvalue weighted by atomic mass is 9.34. The van der Waals surface area contributed by atoms with Crippen LogP contribution >= 0.6 is 0 Å². The number of benzene rings is 1. The molecule has 0 saturated carbocycles. The zero-order valence-corrected chi connectivity index (χ0v) is 34.0. The van der Waals surface area contributed by atoms with E-state index in [1.807, 2.05) is 0 Å². The van der Waals surface area contributed by atoms with E-state index < -0.39 is 0 Å². The van der Waals surface area contributed by atoms with Crippen LogP contribution in [0.15, 0.2) is 72.7 Å². The van der Waals surface area contributed by atoms with Crippen LogP contribution in [0.25, 0.3) is 17.1 Å². The van der Waals surface area contributed by atoms with Crippen LogP contribution in [0.4, 0.5) is 0 Å². The highest BCUT2D eigenvalue weighted by molar-refractivity contribution is 6.74. The second kappa shape index (κ2) is 12.5. The normalized spacial score (nSPS) is 18.5. The molecule has 1 aromatic rings. The fourth-order valence-electron chi connectivity index (χ4n) is 6.84. The quantitative estimate of drug-likeness (QED) is 0.303. The summed E-state index contributed by atoms with van der Waals surface area (Å²) in [5.41, 5.74) is 7.43. The van der Waals surface area contributed by atoms with Crippen LogP contribution in [-0.4, -0.2) is 51.5 Å². The van der Waals surface area contributed by atoms with E-state index in [4.69, 9.17) is 0 Å². The van der Waals surface area contributed by atoms with Gasteiger partial charge in [0.15, 0.2) is 0 Å². The van der Waals surface area contributed by atoms with Gasteiger partial charge >= 0.3 is 0 Å². The lowest BCUT2D eigenvalue weighted by molar-refractivity contribution is 0.294. The Morgan fingerprint density at radius 2 is 0.562 bits per heavy atom. The van der Waals surface area contributed by atoms with Crippen molar-refractivity contribution >= 4 is 37.2 Å². The third kappa shape index (κ3) is 8.34. The molecule has 4 rings (SSSR count). The van der Waals surface area contributed by atoms with E-state index >= 15 is 0 Å². The van der Waals surface area contributed by atoms with Gasteiger partial charge in [-0.25, -0.2) is 0 Å². The minimum atomic E-state index is -0.0788. The second-order valence-electron chi connectivity index (χ2n) is 20.8. The summed E-state index contributed by atoms with van der Waals surface area (Å²) in [5, 5.41) is 0.350. The number of hydrogen-bond donors (Lipinski definition) is 0. The molecular weight excluding hydrogens is 579 g/mol. The Hall–Kier alpha value is -2.75. The topological polar surface area (TPSA) is 9.72 Å². The van der Waals surface area contributed by atoms with Crippen LogP contribution in [0.3, 0.4) is 0 Å². The summed E-state index contributed by atoms with van der Waals surface area (Å²) in [6.45, 7) is 43.0. The molecule has 6 heteroatoms. The molecule has 0 unspecified atom stereocenters. The first kappa shape index (κ1) is 38.1. The van der Waals surface area contributed by atoms with Gasteiger partial charge in [-0.1, -0.05) is 114 Å². The Kier molecular flexibility index (Phi) is 9.94. The highest BCUT2D eigenvalue weighted by Gasteiger charge is 2.37. The Labute approximate surface area is 297 Å². The second-order valence-corrected chi connectivity index (χ2v) is 20.8. The van der Waals surface area contributed by atoms with Crippen molar-refractivity contribution in [2.75, 3.05) is 0 Å². The summed E-state index contributed by atoms with van der Waals surface area (Å²) in [5.74, 6) is 14.8. The summed E-state index contributed by atoms with van der Waals surface area (Å²) >= 11 is 0. The molecule has 0 aliphatic carbocycles. The Morgan fingerprint density at radius 1 is 0.354 bits per heavy atom. The molecule has 258 valence electrons. The molecule has 0 bridgehead atoms. The molecule has 3 aliphatic rings. The Morgan fingerprint density at radius 3 is 0.729 bits per heavy atom. The molecule has 3 heterocycles. The smallest absolute Gasteiger partial charge is 0.201 e. The van der Waals surface area contributed by atoms with E-state index in [9.17, 15) is 0 Å². The minimum absolute atomic E-state index is 0.0788. The van der Waals surface area contributed by atoms with Crippen LogP contribution in [0, 0.1) is 0 Å². The van der Waals surface area contributed by atoms with Crippen LogP contribution in [0.2, 0.25) is 15.9 Å². The summed E-state index contributed by atoms with van der Waals surface area (Å²) in [6.07, 6.45) is 7.03. The van der Waals surface area contributed by atoms with E-state index in [0.29, 0.717) is 20.1 Å². The van der Waals surface area contributed by atoms with Gasteiger partial charge in [-0.05, 0) is 116 Å². The fourth-order valence-corrected chi connectivity index (χ4v) is 6.84. The van der Waals surface area contributed by atoms with Crippen LogP contribution in [-0.2, 0) is 0 Å². The molecule has 0 atom stereocenters. The average molecular weight is 645 g/mol. The molecule has 3 nitrogen and oxygen atoms in total. The van der Waals surface area contributed by atoms with Crippen LogP contribution < -0.4 is 0 Å². The summed E-state index contributed by atoms with van der Waals surface area (Å²) < 4.78 is 0. The van der Waals surface area contributed by atoms with E-state index in [2.05, 4.69) is 212 Å². The molecule has 0 saturated heterocycles. The van der Waals surface area contributed by atoms with E-state index in [-0.39, 0.29) is 32.6 Å². The van der Waals surface area contributed by atoms with Gasteiger partial charge in [0.05, 0.1) is 0 Å². The Bertz CT molecular complexity index is 1350. The van der Waals surface area contributed by atoms with Gasteiger partial charge in [0.2, 0.25) is 20.1 Å². The molecule has 0 aromatic heterocycles. The van der Waals surface area contributed by atoms with Crippen molar-refractivity contribution in [3.8, 4) is 0 Å². The van der Waals surface area contributed by atoms with Crippen molar-refractivity contribution in [1.82, 2.24) is 14.7 Å². The maximum Gasteiger partial charge on any atom is 0.201 e. The fraction of sp³-hybridized carbons (Fsp3) is 0.571. The van der Waals surface area contributed by atoms with Crippen molar-refractivity contribution in [2.24, 2.45) is 0 Å². The molecule has 0 N–H and O–H groups in total. The molecule has 0 radical (unpaired) electrons. The largest absolute Gasteiger partial charge is 0.344 e. The number of hydrogen-bond acceptors (Lipinski definition) is 3. The van der Waals surface area contributed by atoms with Gasteiger partial charge in [-0.2, -0.15) is 0 Å². The number of rotatable bonds is 3. The standard InChI is InChI=1S/C42H66B3N3/c1-37(2,3)43-19-22-46(40(10,11)12)34(28-43)31-25-32(35-29-44(38(4,5)6)20-23-47(35)41(13,14)15)27-33(26-31)36-30-45(39(7,8)9)21-24-48(36)42(16,17)18/h19-30H,1-18H3. The van der Waals surface area contributed by atoms with Crippen LogP contribution in [0.5, 0.6) is 0 Å². The maximum absolute atomic E-state index is 2.53. The lowest BCUT2D eigenvalue weighted by Gasteiger charge is -2.43. The van der Waals surface area contributed by atoms with Crippen molar-refractivity contribution in [2.45, 2.75) is 157 Å². The van der Waals surface area contributed by atoms with Gasteiger partial charge in [-0.15, -0.1) is 0 Å². The monoisotopic (exact) mass is 646 g/mol. The van der Waals surface area contributed by atoms with Gasteiger partial charge in [0.1, 0.15) is 0 Å². The van der Waals surface area contributed by atoms with Crippen molar-refractivity contribution in [1.29, 1.82) is 0 Å². The van der Waals surface area contributed by atoms with Crippen molar-refractivity contribution < 1.29 is 0 Å². The third-order valence-electron chi connectivity index (χ3n) is 10.1. The van der Waals surface area contributed by atoms with E-state index in [1.54, 1.807) is 0 Å². The highest BCUT2D eigenvalue weighted by Crippen LogP contribution is 2.43. The minimum Gasteiger partial charge on any atom is -0.344 e. The van der Waals surface area contributed by atoms with Crippen molar-refractivity contribution in [3.05, 3.63) is 89.3 Å². The summed E-state index contributed by atoms with van der Waals surface area (Å²) in [7, 11) is 0. The first-order chi connectivity index (χ1) is 21.6.